The third-order valence-corrected chi connectivity index (χ3v) is 3.10. The van der Waals surface area contributed by atoms with E-state index in [2.05, 4.69) is 11.4 Å². The van der Waals surface area contributed by atoms with E-state index >= 15 is 0 Å². The van der Waals surface area contributed by atoms with Crippen LogP contribution in [0, 0.1) is 11.3 Å². The molecule has 0 spiro atoms. The lowest BCUT2D eigenvalue weighted by Gasteiger charge is -2.29. The second-order valence-electron chi connectivity index (χ2n) is 5.74. The molecule has 0 radical (unpaired) electrons. The van der Waals surface area contributed by atoms with Crippen LogP contribution in [0.15, 0.2) is 24.3 Å². The van der Waals surface area contributed by atoms with Crippen LogP contribution in [0.4, 0.5) is 4.79 Å². The van der Waals surface area contributed by atoms with Crippen LogP contribution in [0.5, 0.6) is 0 Å². The minimum atomic E-state index is -0.933. The summed E-state index contributed by atoms with van der Waals surface area (Å²) in [6.07, 6.45) is 0. The number of likely N-dealkylation sites (N-methyl/N-ethyl adjacent to an activating group) is 1. The average molecular weight is 289 g/mol. The molecule has 0 aliphatic rings. The standard InChI is InChI=1S/C16H23N3O2/c1-5-19(11-16(3,4)21)15(20)18-12(2)14-8-6-7-13(9-14)10-17/h6-9,12,21H,5,11H2,1-4H3,(H,18,20)/t12-/m0/s1. The number of nitriles is 1. The van der Waals surface area contributed by atoms with Gasteiger partial charge < -0.3 is 15.3 Å². The first-order valence-electron chi connectivity index (χ1n) is 7.04. The second-order valence-corrected chi connectivity index (χ2v) is 5.74. The van der Waals surface area contributed by atoms with Gasteiger partial charge in [0.05, 0.1) is 29.8 Å². The van der Waals surface area contributed by atoms with Gasteiger partial charge in [0.2, 0.25) is 0 Å². The van der Waals surface area contributed by atoms with Crippen LogP contribution in [0.25, 0.3) is 0 Å². The average Bonchev–Trinajstić information content (AvgIpc) is 2.43. The Morgan fingerprint density at radius 1 is 1.52 bits per heavy atom. The Morgan fingerprint density at radius 2 is 2.19 bits per heavy atom. The van der Waals surface area contributed by atoms with Crippen LogP contribution >= 0.6 is 0 Å². The molecule has 2 amide bonds. The van der Waals surface area contributed by atoms with Crippen molar-refractivity contribution in [3.63, 3.8) is 0 Å². The molecule has 21 heavy (non-hydrogen) atoms. The fourth-order valence-corrected chi connectivity index (χ4v) is 2.03. The zero-order valence-electron chi connectivity index (χ0n) is 13.1. The summed E-state index contributed by atoms with van der Waals surface area (Å²) >= 11 is 0. The van der Waals surface area contributed by atoms with E-state index in [1.165, 1.54) is 0 Å². The van der Waals surface area contributed by atoms with Crippen molar-refractivity contribution in [2.75, 3.05) is 13.1 Å². The summed E-state index contributed by atoms with van der Waals surface area (Å²) in [4.78, 5) is 13.8. The molecule has 0 fully saturated rings. The monoisotopic (exact) mass is 289 g/mol. The number of nitrogens with zero attached hydrogens (tertiary/aromatic N) is 2. The van der Waals surface area contributed by atoms with Crippen molar-refractivity contribution in [3.8, 4) is 6.07 Å². The predicted octanol–water partition coefficient (Wildman–Crippen LogP) is 2.42. The van der Waals surface area contributed by atoms with Gasteiger partial charge in [-0.1, -0.05) is 12.1 Å². The first kappa shape index (κ1) is 17.0. The Kier molecular flexibility index (Phi) is 5.74. The van der Waals surface area contributed by atoms with Gasteiger partial charge in [0.1, 0.15) is 0 Å². The zero-order valence-corrected chi connectivity index (χ0v) is 13.1. The number of carbonyl (C=O) groups excluding carboxylic acids is 1. The molecule has 1 aromatic rings. The third-order valence-electron chi connectivity index (χ3n) is 3.10. The topological polar surface area (TPSA) is 76.4 Å². The van der Waals surface area contributed by atoms with Crippen LogP contribution in [0.2, 0.25) is 0 Å². The Balaban J connectivity index is 2.74. The van der Waals surface area contributed by atoms with Crippen LogP contribution in [0.1, 0.15) is 44.9 Å². The highest BCUT2D eigenvalue weighted by Crippen LogP contribution is 2.15. The van der Waals surface area contributed by atoms with Gasteiger partial charge >= 0.3 is 6.03 Å². The number of nitrogens with one attached hydrogen (secondary N) is 1. The molecule has 5 nitrogen and oxygen atoms in total. The highest BCUT2D eigenvalue weighted by molar-refractivity contribution is 5.74. The van der Waals surface area contributed by atoms with Crippen molar-refractivity contribution in [2.45, 2.75) is 39.3 Å². The Morgan fingerprint density at radius 3 is 2.71 bits per heavy atom. The van der Waals surface area contributed by atoms with E-state index < -0.39 is 5.60 Å². The van der Waals surface area contributed by atoms with Crippen molar-refractivity contribution in [1.82, 2.24) is 10.2 Å². The number of urea groups is 1. The molecule has 1 rings (SSSR count). The molecular weight excluding hydrogens is 266 g/mol. The molecule has 1 atom stereocenters. The largest absolute Gasteiger partial charge is 0.389 e. The van der Waals surface area contributed by atoms with Gasteiger partial charge in [-0.15, -0.1) is 0 Å². The molecule has 5 heteroatoms. The van der Waals surface area contributed by atoms with Crippen molar-refractivity contribution in [1.29, 1.82) is 5.26 Å². The van der Waals surface area contributed by atoms with E-state index in [9.17, 15) is 9.90 Å². The first-order chi connectivity index (χ1) is 9.76. The maximum Gasteiger partial charge on any atom is 0.317 e. The number of carbonyl (C=O) groups is 1. The Labute approximate surface area is 126 Å². The van der Waals surface area contributed by atoms with Crippen molar-refractivity contribution in [3.05, 3.63) is 35.4 Å². The van der Waals surface area contributed by atoms with Crippen molar-refractivity contribution < 1.29 is 9.90 Å². The maximum atomic E-state index is 12.2. The minimum absolute atomic E-state index is 0.207. The lowest BCUT2D eigenvalue weighted by atomic mass is 10.1. The lowest BCUT2D eigenvalue weighted by Crippen LogP contribution is -2.47. The van der Waals surface area contributed by atoms with E-state index in [4.69, 9.17) is 5.26 Å². The summed E-state index contributed by atoms with van der Waals surface area (Å²) in [6, 6.07) is 8.81. The summed E-state index contributed by atoms with van der Waals surface area (Å²) < 4.78 is 0. The Bertz CT molecular complexity index is 529. The molecule has 0 unspecified atom stereocenters. The molecule has 0 saturated heterocycles. The molecule has 2 N–H and O–H groups in total. The number of aliphatic hydroxyl groups is 1. The van der Waals surface area contributed by atoms with Crippen LogP contribution in [0.3, 0.4) is 0 Å². The van der Waals surface area contributed by atoms with E-state index in [1.807, 2.05) is 19.9 Å². The van der Waals surface area contributed by atoms with Gasteiger partial charge in [-0.05, 0) is 45.4 Å². The molecule has 1 aromatic carbocycles. The number of rotatable bonds is 5. The summed E-state index contributed by atoms with van der Waals surface area (Å²) in [5.41, 5.74) is 0.510. The van der Waals surface area contributed by atoms with Crippen LogP contribution < -0.4 is 5.32 Å². The van der Waals surface area contributed by atoms with Crippen LogP contribution in [-0.2, 0) is 0 Å². The normalized spacial score (nSPS) is 12.4. The number of benzene rings is 1. The van der Waals surface area contributed by atoms with Crippen molar-refractivity contribution >= 4 is 6.03 Å². The molecule has 0 aliphatic heterocycles. The lowest BCUT2D eigenvalue weighted by molar-refractivity contribution is 0.0476. The summed E-state index contributed by atoms with van der Waals surface area (Å²) in [7, 11) is 0. The third kappa shape index (κ3) is 5.44. The van der Waals surface area contributed by atoms with E-state index in [1.54, 1.807) is 36.9 Å². The summed E-state index contributed by atoms with van der Waals surface area (Å²) in [5, 5.41) is 21.6. The molecule has 0 heterocycles. The van der Waals surface area contributed by atoms with Gasteiger partial charge in [-0.25, -0.2) is 4.79 Å². The zero-order chi connectivity index (χ0) is 16.0. The first-order valence-corrected chi connectivity index (χ1v) is 7.04. The molecular formula is C16H23N3O2. The van der Waals surface area contributed by atoms with Gasteiger partial charge in [0.15, 0.2) is 0 Å². The van der Waals surface area contributed by atoms with E-state index in [0.717, 1.165) is 5.56 Å². The fourth-order valence-electron chi connectivity index (χ4n) is 2.03. The highest BCUT2D eigenvalue weighted by atomic mass is 16.3. The fraction of sp³-hybridized carbons (Fsp3) is 0.500. The molecule has 0 bridgehead atoms. The number of hydrogen-bond acceptors (Lipinski definition) is 3. The van der Waals surface area contributed by atoms with Gasteiger partial charge in [0, 0.05) is 6.54 Å². The minimum Gasteiger partial charge on any atom is -0.389 e. The summed E-state index contributed by atoms with van der Waals surface area (Å²) in [6.45, 7) is 7.85. The van der Waals surface area contributed by atoms with E-state index in [-0.39, 0.29) is 18.6 Å². The van der Waals surface area contributed by atoms with Crippen molar-refractivity contribution in [2.24, 2.45) is 0 Å². The predicted molar refractivity (Wildman–Crippen MR) is 81.6 cm³/mol. The summed E-state index contributed by atoms with van der Waals surface area (Å²) in [5.74, 6) is 0. The second kappa shape index (κ2) is 7.09. The number of hydrogen-bond donors (Lipinski definition) is 2. The maximum absolute atomic E-state index is 12.2. The van der Waals surface area contributed by atoms with Gasteiger partial charge in [0.25, 0.3) is 0 Å². The SMILES string of the molecule is CCN(CC(C)(C)O)C(=O)N[C@@H](C)c1cccc(C#N)c1. The highest BCUT2D eigenvalue weighted by Gasteiger charge is 2.22. The molecule has 0 saturated carbocycles. The Hall–Kier alpha value is -2.06. The van der Waals surface area contributed by atoms with Gasteiger partial charge in [-0.3, -0.25) is 0 Å². The quantitative estimate of drug-likeness (QED) is 0.874. The molecule has 0 aliphatic carbocycles. The number of amides is 2. The van der Waals surface area contributed by atoms with Gasteiger partial charge in [-0.2, -0.15) is 5.26 Å². The smallest absolute Gasteiger partial charge is 0.317 e. The molecule has 0 aromatic heterocycles. The van der Waals surface area contributed by atoms with Crippen LogP contribution in [-0.4, -0.2) is 34.7 Å². The van der Waals surface area contributed by atoms with E-state index in [0.29, 0.717) is 12.1 Å². The molecule has 114 valence electrons.